The van der Waals surface area contributed by atoms with Gasteiger partial charge < -0.3 is 9.84 Å². The first-order valence-electron chi connectivity index (χ1n) is 7.11. The van der Waals surface area contributed by atoms with E-state index in [1.54, 1.807) is 11.3 Å². The number of benzene rings is 1. The zero-order chi connectivity index (χ0) is 15.4. The van der Waals surface area contributed by atoms with E-state index in [2.05, 4.69) is 22.4 Å². The summed E-state index contributed by atoms with van der Waals surface area (Å²) in [6.45, 7) is 2.68. The Bertz CT molecular complexity index is 709. The number of thiophene rings is 1. The smallest absolute Gasteiger partial charge is 0.240 e. The van der Waals surface area contributed by atoms with Gasteiger partial charge in [0.1, 0.15) is 0 Å². The summed E-state index contributed by atoms with van der Waals surface area (Å²) in [7, 11) is 0. The third-order valence-corrected chi connectivity index (χ3v) is 4.51. The summed E-state index contributed by atoms with van der Waals surface area (Å²) >= 11 is 7.53. The van der Waals surface area contributed by atoms with Gasteiger partial charge in [0.15, 0.2) is 0 Å². The summed E-state index contributed by atoms with van der Waals surface area (Å²) in [5.41, 5.74) is 1.20. The van der Waals surface area contributed by atoms with E-state index in [0.717, 1.165) is 16.3 Å². The molecule has 1 N–H and O–H groups in total. The van der Waals surface area contributed by atoms with Gasteiger partial charge >= 0.3 is 0 Å². The van der Waals surface area contributed by atoms with E-state index < -0.39 is 0 Å². The van der Waals surface area contributed by atoms with Crippen molar-refractivity contribution in [1.82, 2.24) is 15.5 Å². The maximum absolute atomic E-state index is 5.93. The highest BCUT2D eigenvalue weighted by Crippen LogP contribution is 2.22. The maximum Gasteiger partial charge on any atom is 0.240 e. The molecular formula is C16H16ClN3OS. The van der Waals surface area contributed by atoms with E-state index in [4.69, 9.17) is 16.1 Å². The lowest BCUT2D eigenvalue weighted by Crippen LogP contribution is -2.20. The van der Waals surface area contributed by atoms with Crippen molar-refractivity contribution in [3.8, 4) is 10.7 Å². The molecule has 0 spiro atoms. The van der Waals surface area contributed by atoms with Gasteiger partial charge in [-0.3, -0.25) is 0 Å². The minimum Gasteiger partial charge on any atom is -0.338 e. The van der Waals surface area contributed by atoms with Crippen LogP contribution in [0.4, 0.5) is 0 Å². The Kier molecular flexibility index (Phi) is 4.87. The van der Waals surface area contributed by atoms with Crippen molar-refractivity contribution >= 4 is 22.9 Å². The molecule has 0 amide bonds. The lowest BCUT2D eigenvalue weighted by molar-refractivity contribution is 0.356. The van der Waals surface area contributed by atoms with Crippen LogP contribution in [0.3, 0.4) is 0 Å². The van der Waals surface area contributed by atoms with Gasteiger partial charge in [-0.2, -0.15) is 4.98 Å². The topological polar surface area (TPSA) is 51.0 Å². The third-order valence-electron chi connectivity index (χ3n) is 3.39. The molecule has 1 atom stereocenters. The van der Waals surface area contributed by atoms with Crippen molar-refractivity contribution in [1.29, 1.82) is 0 Å². The minimum atomic E-state index is 0.231. The van der Waals surface area contributed by atoms with Crippen LogP contribution in [0.15, 0.2) is 46.3 Å². The fourth-order valence-electron chi connectivity index (χ4n) is 2.24. The van der Waals surface area contributed by atoms with Gasteiger partial charge in [-0.1, -0.05) is 41.9 Å². The standard InChI is InChI=1S/C16H16ClN3OS/c1-2-13(11-5-7-12(17)8-6-11)18-10-15-19-16(20-21-15)14-4-3-9-22-14/h3-9,13,18H,2,10H2,1H3/t13-/m1/s1. The van der Waals surface area contributed by atoms with E-state index in [1.165, 1.54) is 5.56 Å². The Balaban J connectivity index is 1.64. The molecule has 0 saturated carbocycles. The van der Waals surface area contributed by atoms with Gasteiger partial charge in [0.25, 0.3) is 0 Å². The second-order valence-corrected chi connectivity index (χ2v) is 6.27. The molecule has 3 rings (SSSR count). The Labute approximate surface area is 138 Å². The molecule has 6 heteroatoms. The van der Waals surface area contributed by atoms with E-state index in [1.807, 2.05) is 41.8 Å². The fraction of sp³-hybridized carbons (Fsp3) is 0.250. The summed E-state index contributed by atoms with van der Waals surface area (Å²) < 4.78 is 5.30. The number of hydrogen-bond acceptors (Lipinski definition) is 5. The van der Waals surface area contributed by atoms with E-state index in [0.29, 0.717) is 18.3 Å². The molecular weight excluding hydrogens is 318 g/mol. The van der Waals surface area contributed by atoms with Gasteiger partial charge in [-0.15, -0.1) is 11.3 Å². The second kappa shape index (κ2) is 7.05. The van der Waals surface area contributed by atoms with Crippen LogP contribution in [0.25, 0.3) is 10.7 Å². The van der Waals surface area contributed by atoms with Crippen molar-refractivity contribution in [2.24, 2.45) is 0 Å². The molecule has 22 heavy (non-hydrogen) atoms. The zero-order valence-corrected chi connectivity index (χ0v) is 13.7. The first kappa shape index (κ1) is 15.2. The Morgan fingerprint density at radius 3 is 2.77 bits per heavy atom. The highest BCUT2D eigenvalue weighted by Gasteiger charge is 2.13. The Hall–Kier alpha value is -1.69. The summed E-state index contributed by atoms with van der Waals surface area (Å²) in [4.78, 5) is 5.43. The number of hydrogen-bond donors (Lipinski definition) is 1. The largest absolute Gasteiger partial charge is 0.338 e. The number of aromatic nitrogens is 2. The van der Waals surface area contributed by atoms with Crippen molar-refractivity contribution in [3.63, 3.8) is 0 Å². The molecule has 4 nitrogen and oxygen atoms in total. The minimum absolute atomic E-state index is 0.231. The molecule has 0 bridgehead atoms. The zero-order valence-electron chi connectivity index (χ0n) is 12.1. The van der Waals surface area contributed by atoms with Crippen LogP contribution in [-0.2, 0) is 6.54 Å². The normalized spacial score (nSPS) is 12.5. The average molecular weight is 334 g/mol. The molecule has 0 saturated heterocycles. The van der Waals surface area contributed by atoms with Gasteiger partial charge in [0, 0.05) is 11.1 Å². The van der Waals surface area contributed by atoms with Crippen LogP contribution in [0.5, 0.6) is 0 Å². The SMILES string of the molecule is CC[C@@H](NCc1nc(-c2cccs2)no1)c1ccc(Cl)cc1. The molecule has 0 fully saturated rings. The molecule has 1 aromatic carbocycles. The molecule has 0 unspecified atom stereocenters. The first-order valence-corrected chi connectivity index (χ1v) is 8.37. The molecule has 3 aromatic rings. The summed E-state index contributed by atoms with van der Waals surface area (Å²) in [6.07, 6.45) is 0.966. The van der Waals surface area contributed by atoms with Gasteiger partial charge in [0.2, 0.25) is 11.7 Å². The van der Waals surface area contributed by atoms with Gasteiger partial charge in [-0.25, -0.2) is 0 Å². The van der Waals surface area contributed by atoms with Crippen LogP contribution in [0.1, 0.15) is 30.8 Å². The summed E-state index contributed by atoms with van der Waals surface area (Å²) in [5, 5.41) is 10.2. The van der Waals surface area contributed by atoms with Crippen LogP contribution in [0.2, 0.25) is 5.02 Å². The highest BCUT2D eigenvalue weighted by molar-refractivity contribution is 7.13. The predicted octanol–water partition coefficient (Wildman–Crippen LogP) is 4.69. The maximum atomic E-state index is 5.93. The number of rotatable bonds is 6. The summed E-state index contributed by atoms with van der Waals surface area (Å²) in [6, 6.07) is 12.1. The summed E-state index contributed by atoms with van der Waals surface area (Å²) in [5.74, 6) is 1.24. The van der Waals surface area contributed by atoms with Crippen molar-refractivity contribution in [2.75, 3.05) is 0 Å². The molecule has 2 aromatic heterocycles. The van der Waals surface area contributed by atoms with Crippen molar-refractivity contribution in [3.05, 3.63) is 58.3 Å². The fourth-order valence-corrected chi connectivity index (χ4v) is 3.01. The highest BCUT2D eigenvalue weighted by atomic mass is 35.5. The van der Waals surface area contributed by atoms with Crippen LogP contribution in [0, 0.1) is 0 Å². The lowest BCUT2D eigenvalue weighted by atomic mass is 10.0. The van der Waals surface area contributed by atoms with E-state index in [-0.39, 0.29) is 6.04 Å². The molecule has 0 aliphatic carbocycles. The van der Waals surface area contributed by atoms with Crippen LogP contribution < -0.4 is 5.32 Å². The number of nitrogens with one attached hydrogen (secondary N) is 1. The van der Waals surface area contributed by atoms with E-state index in [9.17, 15) is 0 Å². The molecule has 114 valence electrons. The Morgan fingerprint density at radius 1 is 1.27 bits per heavy atom. The van der Waals surface area contributed by atoms with E-state index >= 15 is 0 Å². The molecule has 2 heterocycles. The van der Waals surface area contributed by atoms with Gasteiger partial charge in [-0.05, 0) is 35.6 Å². The monoisotopic (exact) mass is 333 g/mol. The molecule has 0 aliphatic heterocycles. The Morgan fingerprint density at radius 2 is 2.09 bits per heavy atom. The average Bonchev–Trinajstić information content (AvgIpc) is 3.20. The van der Waals surface area contributed by atoms with Crippen LogP contribution >= 0.6 is 22.9 Å². The van der Waals surface area contributed by atoms with Crippen molar-refractivity contribution in [2.45, 2.75) is 25.9 Å². The number of halogens is 1. The third kappa shape index (κ3) is 3.55. The first-order chi connectivity index (χ1) is 10.8. The van der Waals surface area contributed by atoms with Gasteiger partial charge in [0.05, 0.1) is 11.4 Å². The quantitative estimate of drug-likeness (QED) is 0.710. The lowest BCUT2D eigenvalue weighted by Gasteiger charge is -2.16. The molecule has 0 aliphatic rings. The predicted molar refractivity (Wildman–Crippen MR) is 88.9 cm³/mol. The van der Waals surface area contributed by atoms with Crippen LogP contribution in [-0.4, -0.2) is 10.1 Å². The van der Waals surface area contributed by atoms with Crippen molar-refractivity contribution < 1.29 is 4.52 Å². The molecule has 0 radical (unpaired) electrons. The second-order valence-electron chi connectivity index (χ2n) is 4.88. The number of nitrogens with zero attached hydrogens (tertiary/aromatic N) is 2.